The van der Waals surface area contributed by atoms with Gasteiger partial charge in [0.15, 0.2) is 22.1 Å². The first-order valence-corrected chi connectivity index (χ1v) is 15.8. The highest BCUT2D eigenvalue weighted by molar-refractivity contribution is 5.72. The highest BCUT2D eigenvalue weighted by atomic mass is 79.9. The summed E-state index contributed by atoms with van der Waals surface area (Å²) >= 11 is 0. The number of hydrogen-bond donors (Lipinski definition) is 0. The maximum atomic E-state index is 2.47. The normalized spacial score (nSPS) is 10.8. The van der Waals surface area contributed by atoms with Crippen molar-refractivity contribution in [3.8, 4) is 0 Å². The third kappa shape index (κ3) is 9.50. The molecule has 3 aromatic carbocycles. The largest absolute Gasteiger partial charge is 1.00 e. The first-order chi connectivity index (χ1) is 19.8. The van der Waals surface area contributed by atoms with Gasteiger partial charge in [0.25, 0.3) is 0 Å². The Labute approximate surface area is 279 Å². The quantitative estimate of drug-likeness (QED) is 0.110. The second-order valence-corrected chi connectivity index (χ2v) is 11.4. The average molecular weight is 715 g/mol. The van der Waals surface area contributed by atoms with Gasteiger partial charge in [-0.3, -0.25) is 0 Å². The molecule has 43 heavy (non-hydrogen) atoms. The van der Waals surface area contributed by atoms with Crippen LogP contribution in [-0.4, -0.2) is 14.6 Å². The number of aromatic nitrogens is 4. The van der Waals surface area contributed by atoms with Crippen LogP contribution in [0.25, 0.3) is 22.1 Å². The van der Waals surface area contributed by atoms with Gasteiger partial charge in [0.2, 0.25) is 12.7 Å². The first kappa shape index (κ1) is 36.7. The Bertz CT molecular complexity index is 1400. The molecule has 0 amide bonds. The van der Waals surface area contributed by atoms with Crippen LogP contribution >= 0.6 is 0 Å². The van der Waals surface area contributed by atoms with E-state index in [2.05, 4.69) is 118 Å². The minimum Gasteiger partial charge on any atom is -1.00 e. The molecule has 5 rings (SSSR count). The van der Waals surface area contributed by atoms with Gasteiger partial charge in [-0.25, -0.2) is 18.3 Å². The number of imidazole rings is 2. The summed E-state index contributed by atoms with van der Waals surface area (Å²) < 4.78 is 9.83. The van der Waals surface area contributed by atoms with Crippen LogP contribution in [0.1, 0.15) is 89.2 Å². The van der Waals surface area contributed by atoms with E-state index in [1.54, 1.807) is 0 Å². The van der Waals surface area contributed by atoms with E-state index in [1.807, 2.05) is 0 Å². The number of rotatable bonds is 16. The summed E-state index contributed by atoms with van der Waals surface area (Å²) in [6, 6.07) is 26.8. The van der Waals surface area contributed by atoms with Crippen molar-refractivity contribution in [1.29, 1.82) is 0 Å². The van der Waals surface area contributed by atoms with Crippen molar-refractivity contribution in [2.45, 2.75) is 104 Å². The van der Waals surface area contributed by atoms with Crippen molar-refractivity contribution in [2.75, 3.05) is 0 Å². The fourth-order valence-electron chi connectivity index (χ4n) is 6.10. The lowest BCUT2D eigenvalue weighted by Crippen LogP contribution is -3.00. The zero-order chi connectivity index (χ0) is 27.6. The van der Waals surface area contributed by atoms with Crippen LogP contribution in [0.5, 0.6) is 0 Å². The van der Waals surface area contributed by atoms with Crippen molar-refractivity contribution >= 4 is 22.1 Å². The second kappa shape index (κ2) is 19.0. The minimum atomic E-state index is 0. The molecule has 0 aliphatic rings. The molecule has 0 fully saturated rings. The molecule has 2 N–H and O–H groups in total. The maximum Gasteiger partial charge on any atom is 0.245 e. The third-order valence-electron chi connectivity index (χ3n) is 8.36. The predicted molar refractivity (Wildman–Crippen MR) is 170 cm³/mol. The fraction of sp³-hybridized carbons (Fsp3) is 0.444. The summed E-state index contributed by atoms with van der Waals surface area (Å²) in [5.41, 5.74) is 8.10. The Hall–Kier alpha value is -2.48. The van der Waals surface area contributed by atoms with Gasteiger partial charge in [0.1, 0.15) is 13.1 Å². The highest BCUT2D eigenvalue weighted by Gasteiger charge is 2.19. The molecule has 0 unspecified atom stereocenters. The van der Waals surface area contributed by atoms with Crippen LogP contribution < -0.4 is 43.1 Å². The number of hydrogen-bond acceptors (Lipinski definition) is 0. The Morgan fingerprint density at radius 3 is 1.28 bits per heavy atom. The van der Waals surface area contributed by atoms with Gasteiger partial charge in [-0.2, -0.15) is 0 Å². The zero-order valence-corrected chi connectivity index (χ0v) is 29.2. The van der Waals surface area contributed by atoms with E-state index >= 15 is 0 Å². The summed E-state index contributed by atoms with van der Waals surface area (Å²) in [6.07, 6.45) is 17.8. The SMILES string of the molecule is CCCCCCCn1c[n+](Cc2ccccc2C[n+]2cn(CCCCCCC)c3ccccc32)c2ccccc21.O.[Br-].[Br-]. The highest BCUT2D eigenvalue weighted by Crippen LogP contribution is 2.17. The monoisotopic (exact) mass is 712 g/mol. The first-order valence-electron chi connectivity index (χ1n) is 15.8. The lowest BCUT2D eigenvalue weighted by molar-refractivity contribution is -0.668. The summed E-state index contributed by atoms with van der Waals surface area (Å²) in [4.78, 5) is 0. The van der Waals surface area contributed by atoms with Crippen LogP contribution in [-0.2, 0) is 26.2 Å². The molecule has 0 atom stereocenters. The minimum absolute atomic E-state index is 0. The van der Waals surface area contributed by atoms with Gasteiger partial charge in [-0.15, -0.1) is 0 Å². The molecular formula is C36H50Br2N4O. The molecule has 5 nitrogen and oxygen atoms in total. The topological polar surface area (TPSA) is 49.1 Å². The molecule has 0 radical (unpaired) electrons. The number of halogens is 2. The Morgan fingerprint density at radius 1 is 0.488 bits per heavy atom. The van der Waals surface area contributed by atoms with Crippen LogP contribution in [0.4, 0.5) is 0 Å². The second-order valence-electron chi connectivity index (χ2n) is 11.4. The average Bonchev–Trinajstić information content (AvgIpc) is 3.52. The molecule has 0 aliphatic heterocycles. The molecule has 7 heteroatoms. The molecule has 2 aromatic heterocycles. The number of para-hydroxylation sites is 4. The molecular weight excluding hydrogens is 664 g/mol. The fourth-order valence-corrected chi connectivity index (χ4v) is 6.10. The van der Waals surface area contributed by atoms with Crippen molar-refractivity contribution in [3.63, 3.8) is 0 Å². The van der Waals surface area contributed by atoms with E-state index in [0.717, 1.165) is 26.2 Å². The number of nitrogens with zero attached hydrogens (tertiary/aromatic N) is 4. The van der Waals surface area contributed by atoms with Gasteiger partial charge in [-0.1, -0.05) is 101 Å². The number of unbranched alkanes of at least 4 members (excludes halogenated alkanes) is 8. The van der Waals surface area contributed by atoms with Gasteiger partial charge in [0, 0.05) is 11.1 Å². The Kier molecular flexibility index (Phi) is 16.2. The van der Waals surface area contributed by atoms with E-state index in [4.69, 9.17) is 0 Å². The Morgan fingerprint density at radius 2 is 0.860 bits per heavy atom. The van der Waals surface area contributed by atoms with Crippen LogP contribution in [0, 0.1) is 0 Å². The standard InChI is InChI=1S/C36H48N4.2BrH.H2O/c1-3-5-7-9-17-25-37-29-39(35-23-15-13-21-33(35)37)27-31-19-11-12-20-32(31)28-40-30-38(26-18-10-8-6-4-2)34-22-14-16-24-36(34)40;;;/h11-16,19-24,29-30H,3-10,17-18,25-28H2,1-2H3;2*1H;1H2/q+2;;;/p-2. The summed E-state index contributed by atoms with van der Waals surface area (Å²) in [6.45, 7) is 8.52. The molecule has 0 saturated carbocycles. The van der Waals surface area contributed by atoms with E-state index in [1.165, 1.54) is 97.4 Å². The molecule has 234 valence electrons. The van der Waals surface area contributed by atoms with Crippen molar-refractivity contribution in [2.24, 2.45) is 0 Å². The lowest BCUT2D eigenvalue weighted by Gasteiger charge is -2.07. The van der Waals surface area contributed by atoms with Gasteiger partial charge < -0.3 is 39.4 Å². The van der Waals surface area contributed by atoms with Crippen molar-refractivity contribution < 1.29 is 48.6 Å². The number of benzene rings is 3. The smallest absolute Gasteiger partial charge is 0.245 e. The Balaban J connectivity index is 0.00000215. The number of aryl methyl sites for hydroxylation is 2. The van der Waals surface area contributed by atoms with Crippen molar-refractivity contribution in [1.82, 2.24) is 9.13 Å². The van der Waals surface area contributed by atoms with Gasteiger partial charge in [0.05, 0.1) is 13.1 Å². The molecule has 5 aromatic rings. The van der Waals surface area contributed by atoms with Crippen LogP contribution in [0.15, 0.2) is 85.5 Å². The van der Waals surface area contributed by atoms with Gasteiger partial charge in [-0.05, 0) is 49.9 Å². The summed E-state index contributed by atoms with van der Waals surface area (Å²) in [7, 11) is 0. The van der Waals surface area contributed by atoms with E-state index < -0.39 is 0 Å². The summed E-state index contributed by atoms with van der Waals surface area (Å²) in [5.74, 6) is 0. The van der Waals surface area contributed by atoms with E-state index in [0.29, 0.717) is 0 Å². The maximum absolute atomic E-state index is 2.47. The zero-order valence-electron chi connectivity index (χ0n) is 26.0. The van der Waals surface area contributed by atoms with E-state index in [-0.39, 0.29) is 39.4 Å². The van der Waals surface area contributed by atoms with Gasteiger partial charge >= 0.3 is 0 Å². The van der Waals surface area contributed by atoms with Crippen LogP contribution in [0.3, 0.4) is 0 Å². The summed E-state index contributed by atoms with van der Waals surface area (Å²) in [5, 5.41) is 0. The van der Waals surface area contributed by atoms with E-state index in [9.17, 15) is 0 Å². The molecule has 2 heterocycles. The van der Waals surface area contributed by atoms with Crippen LogP contribution in [0.2, 0.25) is 0 Å². The molecule has 0 bridgehead atoms. The number of fused-ring (bicyclic) bond motifs is 2. The molecule has 0 saturated heterocycles. The molecule has 0 aliphatic carbocycles. The third-order valence-corrected chi connectivity index (χ3v) is 8.36. The lowest BCUT2D eigenvalue weighted by atomic mass is 10.1. The van der Waals surface area contributed by atoms with Crippen molar-refractivity contribution in [3.05, 3.63) is 96.6 Å². The predicted octanol–water partition coefficient (Wildman–Crippen LogP) is 1.39. The molecule has 0 spiro atoms.